The van der Waals surface area contributed by atoms with Crippen molar-refractivity contribution < 1.29 is 13.9 Å². The molecule has 2 atom stereocenters. The topological polar surface area (TPSA) is 50.7 Å². The molecule has 2 rings (SSSR count). The third-order valence-electron chi connectivity index (χ3n) is 3.30. The van der Waals surface area contributed by atoms with Crippen LogP contribution in [-0.4, -0.2) is 30.9 Å². The first-order chi connectivity index (χ1) is 9.56. The number of carbonyl (C=O) groups excluding carboxylic acids is 1. The molecule has 0 saturated carbocycles. The van der Waals surface area contributed by atoms with Crippen LogP contribution in [0.1, 0.15) is 6.92 Å². The van der Waals surface area contributed by atoms with Gasteiger partial charge in [0.1, 0.15) is 11.6 Å². The number of hydrogen-bond acceptors (Lipinski definition) is 4. The van der Waals surface area contributed by atoms with E-state index in [-0.39, 0.29) is 23.4 Å². The van der Waals surface area contributed by atoms with Gasteiger partial charge in [-0.25, -0.2) is 4.39 Å². The van der Waals surface area contributed by atoms with Gasteiger partial charge in [0.25, 0.3) is 0 Å². The molecule has 1 heterocycles. The van der Waals surface area contributed by atoms with Gasteiger partial charge >= 0.3 is 0 Å². The molecule has 1 aromatic carbocycles. The average molecular weight is 296 g/mol. The zero-order valence-electron chi connectivity index (χ0n) is 11.6. The van der Waals surface area contributed by atoms with E-state index in [1.165, 1.54) is 31.0 Å². The Morgan fingerprint density at radius 1 is 1.55 bits per heavy atom. The Bertz CT molecular complexity index is 548. The van der Waals surface area contributed by atoms with Crippen LogP contribution in [0.25, 0.3) is 0 Å². The van der Waals surface area contributed by atoms with Crippen molar-refractivity contribution >= 4 is 28.4 Å². The summed E-state index contributed by atoms with van der Waals surface area (Å²) in [5.74, 6) is -0.468. The second-order valence-corrected chi connectivity index (χ2v) is 5.50. The van der Waals surface area contributed by atoms with Crippen LogP contribution in [0.2, 0.25) is 0 Å². The molecule has 0 bridgehead atoms. The van der Waals surface area contributed by atoms with Gasteiger partial charge in [-0.3, -0.25) is 9.79 Å². The lowest BCUT2D eigenvalue weighted by atomic mass is 9.97. The number of hydrogen-bond donors (Lipinski definition) is 1. The molecule has 1 aliphatic rings. The fourth-order valence-corrected chi connectivity index (χ4v) is 2.97. The van der Waals surface area contributed by atoms with Crippen LogP contribution < -0.4 is 10.1 Å². The third-order valence-corrected chi connectivity index (χ3v) is 4.10. The number of halogens is 1. The highest BCUT2D eigenvalue weighted by molar-refractivity contribution is 8.13. The van der Waals surface area contributed by atoms with Crippen molar-refractivity contribution in [3.8, 4) is 5.75 Å². The highest BCUT2D eigenvalue weighted by atomic mass is 32.2. The van der Waals surface area contributed by atoms with Gasteiger partial charge < -0.3 is 10.1 Å². The van der Waals surface area contributed by atoms with E-state index < -0.39 is 5.82 Å². The van der Waals surface area contributed by atoms with E-state index in [0.717, 1.165) is 5.04 Å². The maximum Gasteiger partial charge on any atom is 0.234 e. The first kappa shape index (κ1) is 14.8. The van der Waals surface area contributed by atoms with E-state index in [4.69, 9.17) is 4.74 Å². The predicted octanol–water partition coefficient (Wildman–Crippen LogP) is 2.80. The van der Waals surface area contributed by atoms with Crippen LogP contribution in [0, 0.1) is 17.7 Å². The van der Waals surface area contributed by atoms with Crippen LogP contribution in [0.3, 0.4) is 0 Å². The zero-order chi connectivity index (χ0) is 14.7. The molecule has 6 heteroatoms. The Labute approximate surface area is 121 Å². The first-order valence-electron chi connectivity index (χ1n) is 6.29. The summed E-state index contributed by atoms with van der Waals surface area (Å²) in [6.45, 7) is 2.61. The van der Waals surface area contributed by atoms with Crippen molar-refractivity contribution in [1.82, 2.24) is 0 Å². The lowest BCUT2D eigenvalue weighted by Crippen LogP contribution is -2.30. The largest absolute Gasteiger partial charge is 0.497 e. The second-order valence-electron chi connectivity index (χ2n) is 4.67. The monoisotopic (exact) mass is 296 g/mol. The molecule has 1 amide bonds. The van der Waals surface area contributed by atoms with Gasteiger partial charge in [-0.05, 0) is 24.3 Å². The number of thioether (sulfide) groups is 1. The first-order valence-corrected chi connectivity index (χ1v) is 7.52. The number of rotatable bonds is 3. The van der Waals surface area contributed by atoms with E-state index in [1.54, 1.807) is 6.07 Å². The van der Waals surface area contributed by atoms with Crippen molar-refractivity contribution in [3.05, 3.63) is 24.0 Å². The van der Waals surface area contributed by atoms with Gasteiger partial charge in [0.15, 0.2) is 0 Å². The number of benzene rings is 1. The highest BCUT2D eigenvalue weighted by Crippen LogP contribution is 2.28. The molecule has 2 unspecified atom stereocenters. The third kappa shape index (κ3) is 2.95. The van der Waals surface area contributed by atoms with Crippen LogP contribution in [0.4, 0.5) is 10.1 Å². The Hall–Kier alpha value is -1.56. The lowest BCUT2D eigenvalue weighted by Gasteiger charge is -2.17. The number of aliphatic imine (C=N–C) groups is 1. The van der Waals surface area contributed by atoms with Gasteiger partial charge in [0.05, 0.1) is 23.8 Å². The standard InChI is InChI=1S/C14H17FN2O2S/c1-8-7-16-14(20-3)12(8)13(18)17-11-5-4-9(19-2)6-10(11)15/h4-6,8,12H,7H2,1-3H3,(H,17,18). The molecule has 20 heavy (non-hydrogen) atoms. The van der Waals surface area contributed by atoms with Crippen molar-refractivity contribution in [3.63, 3.8) is 0 Å². The Morgan fingerprint density at radius 3 is 2.90 bits per heavy atom. The number of methoxy groups -OCH3 is 1. The summed E-state index contributed by atoms with van der Waals surface area (Å²) in [6, 6.07) is 4.36. The van der Waals surface area contributed by atoms with Gasteiger partial charge in [-0.2, -0.15) is 0 Å². The Kier molecular flexibility index (Phi) is 4.65. The number of carbonyl (C=O) groups is 1. The van der Waals surface area contributed by atoms with Crippen molar-refractivity contribution in [1.29, 1.82) is 0 Å². The summed E-state index contributed by atoms with van der Waals surface area (Å²) in [6.07, 6.45) is 1.89. The average Bonchev–Trinajstić information content (AvgIpc) is 2.82. The van der Waals surface area contributed by atoms with E-state index in [0.29, 0.717) is 12.3 Å². The second kappa shape index (κ2) is 6.26. The van der Waals surface area contributed by atoms with Gasteiger partial charge in [-0.1, -0.05) is 6.92 Å². The molecule has 108 valence electrons. The number of nitrogens with one attached hydrogen (secondary N) is 1. The number of anilines is 1. The molecule has 0 aliphatic carbocycles. The van der Waals surface area contributed by atoms with Crippen LogP contribution in [0.5, 0.6) is 5.75 Å². The zero-order valence-corrected chi connectivity index (χ0v) is 12.5. The predicted molar refractivity (Wildman–Crippen MR) is 80.1 cm³/mol. The smallest absolute Gasteiger partial charge is 0.234 e. The van der Waals surface area contributed by atoms with E-state index in [9.17, 15) is 9.18 Å². The minimum absolute atomic E-state index is 0.138. The summed E-state index contributed by atoms with van der Waals surface area (Å²) >= 11 is 1.47. The molecule has 0 aromatic heterocycles. The van der Waals surface area contributed by atoms with Crippen molar-refractivity contribution in [2.75, 3.05) is 25.2 Å². The Balaban J connectivity index is 2.14. The molecule has 0 fully saturated rings. The Morgan fingerprint density at radius 2 is 2.30 bits per heavy atom. The van der Waals surface area contributed by atoms with Crippen LogP contribution in [-0.2, 0) is 4.79 Å². The normalized spacial score (nSPS) is 21.5. The maximum absolute atomic E-state index is 13.8. The number of nitrogens with zero attached hydrogens (tertiary/aromatic N) is 1. The molecule has 4 nitrogen and oxygen atoms in total. The van der Waals surface area contributed by atoms with Gasteiger partial charge in [0.2, 0.25) is 5.91 Å². The minimum Gasteiger partial charge on any atom is -0.497 e. The number of amides is 1. The molecule has 0 radical (unpaired) electrons. The molecule has 1 N–H and O–H groups in total. The minimum atomic E-state index is -0.508. The van der Waals surface area contributed by atoms with Crippen LogP contribution in [0.15, 0.2) is 23.2 Å². The summed E-state index contributed by atoms with van der Waals surface area (Å²) in [5.41, 5.74) is 0.162. The molecular formula is C14H17FN2O2S. The van der Waals surface area contributed by atoms with Crippen molar-refractivity contribution in [2.45, 2.75) is 6.92 Å². The summed E-state index contributed by atoms with van der Waals surface area (Å²) in [4.78, 5) is 16.6. The molecular weight excluding hydrogens is 279 g/mol. The fourth-order valence-electron chi connectivity index (χ4n) is 2.18. The summed E-state index contributed by atoms with van der Waals surface area (Å²) in [5, 5.41) is 3.44. The number of ether oxygens (including phenoxy) is 1. The van der Waals surface area contributed by atoms with Gasteiger partial charge in [0, 0.05) is 12.6 Å². The molecule has 0 spiro atoms. The van der Waals surface area contributed by atoms with Crippen LogP contribution >= 0.6 is 11.8 Å². The van der Waals surface area contributed by atoms with E-state index >= 15 is 0 Å². The quantitative estimate of drug-likeness (QED) is 0.933. The van der Waals surface area contributed by atoms with Crippen molar-refractivity contribution in [2.24, 2.45) is 16.8 Å². The molecule has 0 saturated heterocycles. The molecule has 1 aliphatic heterocycles. The van der Waals surface area contributed by atoms with Gasteiger partial charge in [-0.15, -0.1) is 11.8 Å². The maximum atomic E-state index is 13.8. The summed E-state index contributed by atoms with van der Waals surface area (Å²) in [7, 11) is 1.47. The van der Waals surface area contributed by atoms with E-state index in [2.05, 4.69) is 10.3 Å². The lowest BCUT2D eigenvalue weighted by molar-refractivity contribution is -0.118. The van der Waals surface area contributed by atoms with E-state index in [1.807, 2.05) is 13.2 Å². The fraction of sp³-hybridized carbons (Fsp3) is 0.429. The SMILES string of the molecule is COc1ccc(NC(=O)C2C(SC)=NCC2C)c(F)c1. The highest BCUT2D eigenvalue weighted by Gasteiger charge is 2.34. The summed E-state index contributed by atoms with van der Waals surface area (Å²) < 4.78 is 18.8. The molecule has 1 aromatic rings.